The SMILES string of the molecule is CCC.Cc1n[c-]c([N+](=O)[O-])c(C)c1C.Cc1nc(C(C)C)c([N+](=O)[O-])c(C)c1C.Cc1nc2c(C)c(C)[nH]c2c(C)c1C.[Y]. The quantitative estimate of drug-likeness (QED) is 0.128. The van der Waals surface area contributed by atoms with Crippen molar-refractivity contribution in [3.05, 3.63) is 93.8 Å². The van der Waals surface area contributed by atoms with E-state index in [1.54, 1.807) is 13.8 Å². The van der Waals surface area contributed by atoms with Crippen molar-refractivity contribution in [3.8, 4) is 0 Å². The van der Waals surface area contributed by atoms with Crippen LogP contribution in [0.25, 0.3) is 11.0 Å². The Labute approximate surface area is 293 Å². The summed E-state index contributed by atoms with van der Waals surface area (Å²) in [5.74, 6) is 0.0726. The van der Waals surface area contributed by atoms with Crippen LogP contribution < -0.4 is 0 Å². The van der Waals surface area contributed by atoms with E-state index in [1.165, 1.54) is 34.3 Å². The summed E-state index contributed by atoms with van der Waals surface area (Å²) in [4.78, 5) is 36.7. The molecule has 0 saturated heterocycles. The molecule has 0 aliphatic heterocycles. The number of nitrogens with one attached hydrogen (secondary N) is 1. The van der Waals surface area contributed by atoms with Crippen LogP contribution in [0.4, 0.5) is 11.4 Å². The molecule has 1 radical (unpaired) electrons. The molecule has 0 aromatic carbocycles. The number of H-pyrrole nitrogens is 1. The number of nitrogens with zero attached hydrogens (tertiary/aromatic N) is 5. The second-order valence-electron chi connectivity index (χ2n) is 11.5. The smallest absolute Gasteiger partial charge is 0.294 e. The van der Waals surface area contributed by atoms with Crippen LogP contribution in [0.15, 0.2) is 0 Å². The van der Waals surface area contributed by atoms with Gasteiger partial charge in [0.05, 0.1) is 16.0 Å². The van der Waals surface area contributed by atoms with E-state index >= 15 is 0 Å². The Hall–Kier alpha value is -3.11. The summed E-state index contributed by atoms with van der Waals surface area (Å²) in [5.41, 5.74) is 14.1. The van der Waals surface area contributed by atoms with Gasteiger partial charge in [-0.05, 0) is 77.6 Å². The number of aromatic amines is 1. The van der Waals surface area contributed by atoms with E-state index in [9.17, 15) is 20.2 Å². The van der Waals surface area contributed by atoms with Crippen molar-refractivity contribution in [2.75, 3.05) is 0 Å². The molecule has 0 fully saturated rings. The number of rotatable bonds is 3. The molecule has 243 valence electrons. The molecule has 4 aromatic rings. The molecular weight excluding hydrogens is 645 g/mol. The van der Waals surface area contributed by atoms with E-state index < -0.39 is 4.92 Å². The number of hydrogen-bond acceptors (Lipinski definition) is 7. The summed E-state index contributed by atoms with van der Waals surface area (Å²) in [6.07, 6.45) is 3.65. The molecule has 0 unspecified atom stereocenters. The number of pyridine rings is 3. The van der Waals surface area contributed by atoms with E-state index in [4.69, 9.17) is 0 Å². The Morgan fingerprint density at radius 2 is 1.16 bits per heavy atom. The van der Waals surface area contributed by atoms with Crippen molar-refractivity contribution in [1.29, 1.82) is 0 Å². The monoisotopic (exact) mass is 694 g/mol. The second-order valence-corrected chi connectivity index (χ2v) is 11.5. The molecule has 4 aromatic heterocycles. The molecule has 11 heteroatoms. The normalized spacial score (nSPS) is 10.1. The maximum absolute atomic E-state index is 11.0. The average Bonchev–Trinajstić information content (AvgIpc) is 3.22. The summed E-state index contributed by atoms with van der Waals surface area (Å²) in [6, 6.07) is 0. The Morgan fingerprint density at radius 1 is 0.689 bits per heavy atom. The Morgan fingerprint density at radius 3 is 1.62 bits per heavy atom. The van der Waals surface area contributed by atoms with Gasteiger partial charge in [0, 0.05) is 72.4 Å². The van der Waals surface area contributed by atoms with Crippen molar-refractivity contribution in [3.63, 3.8) is 0 Å². The van der Waals surface area contributed by atoms with Crippen molar-refractivity contribution in [1.82, 2.24) is 19.9 Å². The fourth-order valence-electron chi connectivity index (χ4n) is 4.35. The molecule has 10 nitrogen and oxygen atoms in total. The van der Waals surface area contributed by atoms with E-state index in [0.29, 0.717) is 11.3 Å². The third-order valence-electron chi connectivity index (χ3n) is 7.92. The molecule has 0 atom stereocenters. The first kappa shape index (κ1) is 41.9. The number of fused-ring (bicyclic) bond motifs is 1. The predicted molar refractivity (Wildman–Crippen MR) is 179 cm³/mol. The molecule has 1 N–H and O–H groups in total. The number of nitro groups is 2. The minimum absolute atomic E-state index is 0. The third-order valence-corrected chi connectivity index (χ3v) is 7.92. The van der Waals surface area contributed by atoms with Gasteiger partial charge in [-0.3, -0.25) is 30.2 Å². The standard InChI is InChI=1S/C12H16N2.C11H16N2O2.C8H9N2O2.C3H8.Y/c1-6-7(2)11-12(13-9(6)4)8(3)10(5)14-11;1-6(2)10-11(13(14)15)8(4)7(3)9(5)12-10;1-5-6(2)8(10(11)12)4-9-7(5)3;1-3-2;/h14H,1-5H3;6H,1-5H3;1-3H3;3H2,1-2H3;/q;;-1;;. The molecule has 45 heavy (non-hydrogen) atoms. The third kappa shape index (κ3) is 10.2. The Kier molecular flexibility index (Phi) is 16.9. The zero-order valence-corrected chi connectivity index (χ0v) is 32.6. The summed E-state index contributed by atoms with van der Waals surface area (Å²) in [5, 5.41) is 21.4. The summed E-state index contributed by atoms with van der Waals surface area (Å²) in [7, 11) is 0. The van der Waals surface area contributed by atoms with Gasteiger partial charge in [0.25, 0.3) is 5.69 Å². The molecule has 0 bridgehead atoms. The molecular formula is C34H49N6O4Y-. The van der Waals surface area contributed by atoms with Gasteiger partial charge in [-0.25, -0.2) is 0 Å². The van der Waals surface area contributed by atoms with Crippen LogP contribution in [0.1, 0.15) is 107 Å². The predicted octanol–water partition coefficient (Wildman–Crippen LogP) is 9.27. The largest absolute Gasteiger partial charge is 0.384 e. The Balaban J connectivity index is 0.000000614. The van der Waals surface area contributed by atoms with E-state index in [2.05, 4.69) is 74.6 Å². The van der Waals surface area contributed by atoms with E-state index in [-0.39, 0.29) is 54.9 Å². The van der Waals surface area contributed by atoms with Gasteiger partial charge in [-0.2, -0.15) is 0 Å². The van der Waals surface area contributed by atoms with Gasteiger partial charge in [0.15, 0.2) is 5.69 Å². The number of hydrogen-bond donors (Lipinski definition) is 1. The van der Waals surface area contributed by atoms with Crippen LogP contribution in [0.5, 0.6) is 0 Å². The van der Waals surface area contributed by atoms with Crippen LogP contribution in [0, 0.1) is 103 Å². The molecule has 0 aliphatic rings. The van der Waals surface area contributed by atoms with Crippen molar-refractivity contribution >= 4 is 22.4 Å². The number of aromatic nitrogens is 4. The van der Waals surface area contributed by atoms with Crippen LogP contribution in [0.2, 0.25) is 0 Å². The number of aryl methyl sites for hydroxylation is 6. The van der Waals surface area contributed by atoms with Gasteiger partial charge in [0.2, 0.25) is 0 Å². The minimum atomic E-state index is -0.464. The average molecular weight is 695 g/mol. The molecule has 0 amide bonds. The zero-order chi connectivity index (χ0) is 34.2. The fourth-order valence-corrected chi connectivity index (χ4v) is 4.35. The summed E-state index contributed by atoms with van der Waals surface area (Å²) >= 11 is 0. The zero-order valence-electron chi connectivity index (χ0n) is 29.7. The van der Waals surface area contributed by atoms with Crippen LogP contribution in [-0.4, -0.2) is 29.8 Å². The minimum Gasteiger partial charge on any atom is -0.384 e. The topological polar surface area (TPSA) is 141 Å². The van der Waals surface area contributed by atoms with Crippen molar-refractivity contribution < 1.29 is 42.6 Å². The molecule has 0 spiro atoms. The van der Waals surface area contributed by atoms with Gasteiger partial charge in [-0.1, -0.05) is 66.1 Å². The van der Waals surface area contributed by atoms with E-state index in [1.807, 2.05) is 41.5 Å². The first-order valence-electron chi connectivity index (χ1n) is 14.9. The second kappa shape index (κ2) is 18.1. The van der Waals surface area contributed by atoms with Crippen LogP contribution in [-0.2, 0) is 32.7 Å². The van der Waals surface area contributed by atoms with Crippen LogP contribution >= 0.6 is 0 Å². The Bertz CT molecular complexity index is 1660. The first-order chi connectivity index (χ1) is 20.3. The molecule has 4 rings (SSSR count). The maximum Gasteiger partial charge on any atom is 0.294 e. The van der Waals surface area contributed by atoms with Crippen molar-refractivity contribution in [2.45, 2.75) is 116 Å². The first-order valence-corrected chi connectivity index (χ1v) is 14.9. The van der Waals surface area contributed by atoms with Gasteiger partial charge < -0.3 is 9.97 Å². The summed E-state index contributed by atoms with van der Waals surface area (Å²) < 4.78 is 0. The molecule has 0 aliphatic carbocycles. The fraction of sp³-hybridized carbons (Fsp3) is 0.500. The molecule has 4 heterocycles. The van der Waals surface area contributed by atoms with Gasteiger partial charge >= 0.3 is 0 Å². The van der Waals surface area contributed by atoms with Gasteiger partial charge in [0.1, 0.15) is 5.69 Å². The van der Waals surface area contributed by atoms with Crippen molar-refractivity contribution in [2.24, 2.45) is 0 Å². The maximum atomic E-state index is 11.0. The summed E-state index contributed by atoms with van der Waals surface area (Å²) in [6.45, 7) is 29.5. The van der Waals surface area contributed by atoms with Gasteiger partial charge in [-0.15, -0.1) is 5.56 Å². The molecule has 0 saturated carbocycles. The van der Waals surface area contributed by atoms with E-state index in [0.717, 1.165) is 39.3 Å². The van der Waals surface area contributed by atoms with Crippen LogP contribution in [0.3, 0.4) is 0 Å².